The fourth-order valence-corrected chi connectivity index (χ4v) is 8.70. The third kappa shape index (κ3) is 67.4. The molecule has 466 valence electrons. The Bertz CT molecular complexity index is 1890. The monoisotopic (exact) mass is 1140 g/mol. The average Bonchev–Trinajstić information content (AvgIpc) is 3.48. The van der Waals surface area contributed by atoms with Gasteiger partial charge in [-0.1, -0.05) is 281 Å². The first-order valence-electron chi connectivity index (χ1n) is 33.6. The molecule has 0 spiro atoms. The number of esters is 3. The van der Waals surface area contributed by atoms with Crippen molar-refractivity contribution in [1.82, 2.24) is 0 Å². The summed E-state index contributed by atoms with van der Waals surface area (Å²) in [6, 6.07) is 0. The summed E-state index contributed by atoms with van der Waals surface area (Å²) < 4.78 is 16.9. The highest BCUT2D eigenvalue weighted by Gasteiger charge is 2.19. The van der Waals surface area contributed by atoms with E-state index in [9.17, 15) is 14.4 Å². The van der Waals surface area contributed by atoms with Gasteiger partial charge in [0.05, 0.1) is 0 Å². The van der Waals surface area contributed by atoms with Gasteiger partial charge in [0.15, 0.2) is 6.10 Å². The predicted molar refractivity (Wildman–Crippen MR) is 361 cm³/mol. The Morgan fingerprint density at radius 1 is 0.253 bits per heavy atom. The zero-order valence-electron chi connectivity index (χ0n) is 53.4. The lowest BCUT2D eigenvalue weighted by Crippen LogP contribution is -2.30. The van der Waals surface area contributed by atoms with Gasteiger partial charge in [0.2, 0.25) is 0 Å². The van der Waals surface area contributed by atoms with Crippen LogP contribution >= 0.6 is 0 Å². The van der Waals surface area contributed by atoms with Crippen LogP contribution in [0.2, 0.25) is 0 Å². The van der Waals surface area contributed by atoms with Gasteiger partial charge in [-0.25, -0.2) is 0 Å². The predicted octanol–water partition coefficient (Wildman–Crippen LogP) is 23.4. The molecule has 0 bridgehead atoms. The lowest BCUT2D eigenvalue weighted by molar-refractivity contribution is -0.167. The smallest absolute Gasteiger partial charge is 0.306 e. The number of carbonyl (C=O) groups excluding carboxylic acids is 3. The largest absolute Gasteiger partial charge is 0.462 e. The topological polar surface area (TPSA) is 78.9 Å². The number of ether oxygens (including phenoxy) is 3. The van der Waals surface area contributed by atoms with Crippen molar-refractivity contribution < 1.29 is 28.6 Å². The van der Waals surface area contributed by atoms with Crippen LogP contribution in [-0.2, 0) is 28.6 Å². The molecule has 1 atom stereocenters. The SMILES string of the molecule is CC/C=C\C/C=C\C/C=C\C/C=C\C/C=C\C/C=C\C/C=C\CCCCCCCCCCCC(=O)OCC(COC(=O)CCCCCCC/C=C\CCCC)OC(=O)CCCCCC/C=C\C/C=C\C/C=C\C/C=C\C/C=C\C/C=C\CC. The molecule has 83 heavy (non-hydrogen) atoms. The average molecular weight is 1140 g/mol. The molecule has 0 aliphatic rings. The first kappa shape index (κ1) is 77.8. The Morgan fingerprint density at radius 3 is 0.747 bits per heavy atom. The van der Waals surface area contributed by atoms with E-state index in [2.05, 4.69) is 191 Å². The fourth-order valence-electron chi connectivity index (χ4n) is 8.70. The molecule has 6 nitrogen and oxygen atoms in total. The first-order valence-corrected chi connectivity index (χ1v) is 33.6. The van der Waals surface area contributed by atoms with Gasteiger partial charge >= 0.3 is 17.9 Å². The molecular weight excluding hydrogens is 1020 g/mol. The second kappa shape index (κ2) is 69.3. The summed E-state index contributed by atoms with van der Waals surface area (Å²) in [6.45, 7) is 6.34. The summed E-state index contributed by atoms with van der Waals surface area (Å²) in [5, 5.41) is 0. The normalized spacial score (nSPS) is 13.2. The molecule has 0 amide bonds. The van der Waals surface area contributed by atoms with Gasteiger partial charge in [0.25, 0.3) is 0 Å². The highest BCUT2D eigenvalue weighted by atomic mass is 16.6. The highest BCUT2D eigenvalue weighted by molar-refractivity contribution is 5.71. The van der Waals surface area contributed by atoms with E-state index in [0.29, 0.717) is 12.8 Å². The number of hydrogen-bond acceptors (Lipinski definition) is 6. The number of carbonyl (C=O) groups is 3. The van der Waals surface area contributed by atoms with Crippen molar-refractivity contribution >= 4 is 17.9 Å². The molecule has 0 aromatic rings. The lowest BCUT2D eigenvalue weighted by atomic mass is 10.1. The maximum absolute atomic E-state index is 12.9. The standard InChI is InChI=1S/C77H122O6/c1-4-7-10-13-16-19-22-24-26-28-30-32-34-35-36-37-38-39-40-41-43-44-46-48-50-52-55-58-61-64-67-70-76(79)82-73-74(72-81-75(78)69-66-63-60-57-54-21-18-15-12-9-6-3)83-77(80)71-68-65-62-59-56-53-51-49-47-45-42-33-31-29-27-25-23-20-17-14-11-8-5-2/h7-8,10-11,15-20,24-27,30-33,35-36,38-39,41,43,45,47,51,53,74H,4-6,9,12-14,21-23,28-29,34,37,40,42,44,46,48-50,52,54-73H2,1-3H3/b10-7-,11-8-,18-15-,19-16-,20-17-,26-24-,27-25-,32-30-,33-31-,36-35-,39-38-,43-41-,47-45-,53-51-. The van der Waals surface area contributed by atoms with E-state index in [4.69, 9.17) is 14.2 Å². The highest BCUT2D eigenvalue weighted by Crippen LogP contribution is 2.15. The van der Waals surface area contributed by atoms with Crippen LogP contribution in [0, 0.1) is 0 Å². The second-order valence-electron chi connectivity index (χ2n) is 21.6. The lowest BCUT2D eigenvalue weighted by Gasteiger charge is -2.18. The van der Waals surface area contributed by atoms with Crippen molar-refractivity contribution in [3.63, 3.8) is 0 Å². The minimum atomic E-state index is -0.807. The maximum Gasteiger partial charge on any atom is 0.306 e. The van der Waals surface area contributed by atoms with Crippen LogP contribution in [0.3, 0.4) is 0 Å². The Balaban J connectivity index is 4.35. The molecular formula is C77H122O6. The van der Waals surface area contributed by atoms with Gasteiger partial charge < -0.3 is 14.2 Å². The van der Waals surface area contributed by atoms with Gasteiger partial charge in [0.1, 0.15) is 13.2 Å². The minimum Gasteiger partial charge on any atom is -0.462 e. The molecule has 1 unspecified atom stereocenters. The third-order valence-corrected chi connectivity index (χ3v) is 13.7. The molecule has 0 radical (unpaired) electrons. The fraction of sp³-hybridized carbons (Fsp3) is 0.597. The number of unbranched alkanes of at least 4 members (excludes halogenated alkanes) is 20. The number of hydrogen-bond donors (Lipinski definition) is 0. The Kier molecular flexibility index (Phi) is 64.9. The molecule has 0 aliphatic carbocycles. The number of allylic oxidation sites excluding steroid dienone is 28. The van der Waals surface area contributed by atoms with Crippen LogP contribution in [0.5, 0.6) is 0 Å². The maximum atomic E-state index is 12.9. The first-order chi connectivity index (χ1) is 41.0. The van der Waals surface area contributed by atoms with Crippen molar-refractivity contribution in [3.8, 4) is 0 Å². The van der Waals surface area contributed by atoms with Gasteiger partial charge in [-0.15, -0.1) is 0 Å². The van der Waals surface area contributed by atoms with E-state index in [1.54, 1.807) is 0 Å². The van der Waals surface area contributed by atoms with E-state index < -0.39 is 6.10 Å². The Labute approximate surface area is 511 Å². The van der Waals surface area contributed by atoms with E-state index in [0.717, 1.165) is 173 Å². The molecule has 0 heterocycles. The van der Waals surface area contributed by atoms with Crippen LogP contribution in [0.1, 0.15) is 278 Å². The molecule has 0 N–H and O–H groups in total. The van der Waals surface area contributed by atoms with Gasteiger partial charge in [-0.05, 0) is 148 Å². The van der Waals surface area contributed by atoms with Crippen molar-refractivity contribution in [2.45, 2.75) is 284 Å². The molecule has 0 rings (SSSR count). The van der Waals surface area contributed by atoms with Crippen LogP contribution in [-0.4, -0.2) is 37.2 Å². The van der Waals surface area contributed by atoms with E-state index >= 15 is 0 Å². The summed E-state index contributed by atoms with van der Waals surface area (Å²) in [5.41, 5.74) is 0. The summed E-state index contributed by atoms with van der Waals surface area (Å²) >= 11 is 0. The second-order valence-corrected chi connectivity index (χ2v) is 21.6. The Morgan fingerprint density at radius 2 is 0.470 bits per heavy atom. The minimum absolute atomic E-state index is 0.101. The quantitative estimate of drug-likeness (QED) is 0.0261. The van der Waals surface area contributed by atoms with E-state index in [1.807, 2.05) is 0 Å². The van der Waals surface area contributed by atoms with Crippen LogP contribution in [0.4, 0.5) is 0 Å². The summed E-state index contributed by atoms with van der Waals surface area (Å²) in [4.78, 5) is 38.3. The summed E-state index contributed by atoms with van der Waals surface area (Å²) in [5.74, 6) is -0.945. The summed E-state index contributed by atoms with van der Waals surface area (Å²) in [7, 11) is 0. The molecule has 0 fully saturated rings. The molecule has 0 saturated carbocycles. The third-order valence-electron chi connectivity index (χ3n) is 13.7. The van der Waals surface area contributed by atoms with Crippen LogP contribution < -0.4 is 0 Å². The van der Waals surface area contributed by atoms with E-state index in [-0.39, 0.29) is 37.5 Å². The molecule has 0 saturated heterocycles. The zero-order valence-corrected chi connectivity index (χ0v) is 53.4. The Hall–Kier alpha value is -5.23. The molecule has 0 aliphatic heterocycles. The zero-order chi connectivity index (χ0) is 59.9. The van der Waals surface area contributed by atoms with Crippen molar-refractivity contribution in [2.75, 3.05) is 13.2 Å². The van der Waals surface area contributed by atoms with Gasteiger partial charge in [-0.3, -0.25) is 14.4 Å². The van der Waals surface area contributed by atoms with Crippen LogP contribution in [0.15, 0.2) is 170 Å². The van der Waals surface area contributed by atoms with Crippen molar-refractivity contribution in [2.24, 2.45) is 0 Å². The molecule has 0 aromatic carbocycles. The molecule has 6 heteroatoms. The van der Waals surface area contributed by atoms with Crippen molar-refractivity contribution in [1.29, 1.82) is 0 Å². The van der Waals surface area contributed by atoms with Gasteiger partial charge in [0, 0.05) is 19.3 Å². The summed E-state index contributed by atoms with van der Waals surface area (Å²) in [6.07, 6.45) is 102. The van der Waals surface area contributed by atoms with Crippen molar-refractivity contribution in [3.05, 3.63) is 170 Å². The van der Waals surface area contributed by atoms with Crippen LogP contribution in [0.25, 0.3) is 0 Å². The molecule has 0 aromatic heterocycles. The van der Waals surface area contributed by atoms with E-state index in [1.165, 1.54) is 64.2 Å². The number of rotatable bonds is 59. The van der Waals surface area contributed by atoms with Gasteiger partial charge in [-0.2, -0.15) is 0 Å².